The molecule has 5 spiro atoms. The van der Waals surface area contributed by atoms with E-state index in [9.17, 15) is 0 Å². The van der Waals surface area contributed by atoms with E-state index in [4.69, 9.17) is 141 Å². The van der Waals surface area contributed by atoms with Crippen LogP contribution in [0.4, 0.5) is 0 Å². The maximum atomic E-state index is 6.20. The summed E-state index contributed by atoms with van der Waals surface area (Å²) in [6, 6.07) is 15.4. The van der Waals surface area contributed by atoms with Crippen LogP contribution in [0.25, 0.3) is 0 Å². The Labute approximate surface area is 677 Å². The first-order chi connectivity index (χ1) is 53.6. The normalized spacial score (nSPS) is 46.3. The largest absolute Gasteiger partial charge is 0.601 e. The average molecular weight is 1610 g/mol. The Kier molecular flexibility index (Phi) is 19.4. The number of para-hydroxylation sites is 4. The Balaban J connectivity index is 0.0000000997. The molecule has 115 heavy (non-hydrogen) atoms. The van der Waals surface area contributed by atoms with E-state index in [-0.39, 0.29) is 159 Å². The number of rotatable bonds is 10. The van der Waals surface area contributed by atoms with Gasteiger partial charge in [0.25, 0.3) is 0 Å². The molecule has 25 atom stereocenters. The molecule has 2 aromatic carbocycles. The highest BCUT2D eigenvalue weighted by molar-refractivity contribution is 6.52. The third-order valence-electron chi connectivity index (χ3n) is 28.4. The zero-order valence-electron chi connectivity index (χ0n) is 71.8. The average Bonchev–Trinajstić information content (AvgIpc) is 1.55. The minimum absolute atomic E-state index is 0.0973. The van der Waals surface area contributed by atoms with E-state index in [0.29, 0.717) is 0 Å². The molecule has 13 saturated heterocycles. The van der Waals surface area contributed by atoms with Crippen molar-refractivity contribution in [1.29, 1.82) is 0 Å². The lowest BCUT2D eigenvalue weighted by Gasteiger charge is -2.32. The summed E-state index contributed by atoms with van der Waals surface area (Å²) >= 11 is 0. The van der Waals surface area contributed by atoms with Gasteiger partial charge in [0.05, 0.1) is 45.2 Å². The van der Waals surface area contributed by atoms with Crippen molar-refractivity contribution in [1.82, 2.24) is 0 Å². The van der Waals surface area contributed by atoms with E-state index < -0.39 is 88.4 Å². The molecule has 22 rings (SSSR count). The lowest BCUT2D eigenvalue weighted by atomic mass is 9.78. The van der Waals surface area contributed by atoms with Crippen molar-refractivity contribution in [2.45, 2.75) is 397 Å². The number of hydrogen-bond acceptors (Lipinski definition) is 30. The smallest absolute Gasteiger partial charge is 0.523 e. The van der Waals surface area contributed by atoms with Crippen LogP contribution in [0.15, 0.2) is 48.5 Å². The summed E-state index contributed by atoms with van der Waals surface area (Å²) in [4.78, 5) is 0. The van der Waals surface area contributed by atoms with Crippen molar-refractivity contribution in [3.8, 4) is 23.0 Å². The second kappa shape index (κ2) is 27.0. The van der Waals surface area contributed by atoms with Gasteiger partial charge in [-0.25, -0.2) is 0 Å². The third-order valence-corrected chi connectivity index (χ3v) is 28.4. The Hall–Kier alpha value is -3.08. The summed E-state index contributed by atoms with van der Waals surface area (Å²) in [5.41, 5.74) is -4.24. The molecular weight excluding hydrogens is 1490 g/mol. The van der Waals surface area contributed by atoms with Gasteiger partial charge in [-0.2, -0.15) is 0 Å². The van der Waals surface area contributed by atoms with Gasteiger partial charge in [0.15, 0.2) is 60.4 Å². The van der Waals surface area contributed by atoms with Crippen molar-refractivity contribution < 1.29 is 141 Å². The summed E-state index contributed by atoms with van der Waals surface area (Å²) in [5, 5.41) is 0. The summed E-state index contributed by atoms with van der Waals surface area (Å²) in [5.74, 6) is 0.595. The van der Waals surface area contributed by atoms with E-state index in [1.54, 1.807) is 35.5 Å². The topological polar surface area (TPSA) is 277 Å². The molecule has 0 bridgehead atoms. The number of fused-ring (bicyclic) bond motifs is 12. The van der Waals surface area contributed by atoms with E-state index in [1.165, 1.54) is 0 Å². The zero-order valence-corrected chi connectivity index (χ0v) is 71.8. The van der Waals surface area contributed by atoms with Gasteiger partial charge in [-0.05, 0) is 209 Å². The summed E-state index contributed by atoms with van der Waals surface area (Å²) in [6.07, 6.45) is 0.247. The van der Waals surface area contributed by atoms with E-state index in [1.807, 2.05) is 118 Å². The van der Waals surface area contributed by atoms with Crippen LogP contribution in [0.3, 0.4) is 0 Å². The Morgan fingerprint density at radius 3 is 0.565 bits per heavy atom. The van der Waals surface area contributed by atoms with Crippen LogP contribution in [0, 0.1) is 0 Å². The highest BCUT2D eigenvalue weighted by atomic mass is 16.9. The predicted octanol–water partition coefficient (Wildman–Crippen LogP) is 10.3. The second-order valence-electron chi connectivity index (χ2n) is 40.0. The fraction of sp³-hybridized carbons (Fsp3) is 0.850. The first kappa shape index (κ1) is 82.9. The highest BCUT2D eigenvalue weighted by Crippen LogP contribution is 2.72. The Morgan fingerprint density at radius 2 is 0.400 bits per heavy atom. The SMILES string of the molecule is CO[C@@H]1O[C@@]2(C[C@@H]2B2OC(C)(C)C(C)(C)O2)C2OC(C)(C)O[C@@H]21.CO[C@@H]1O[C@@]2(C[C@H]2B2OC(C)(C)C(C)(C)O2)C2OC(C)(C)O[C@@H]21.CO[C@@H]1O[C@]2(C[C@@H]2B2OC(C)(C)C(C)(C)O2)C2OC(C)(C)O[C@@H]21.CO[C@@H]1O[C@]2(C[C@@H]2B2Oc3ccccc3O2)C2OC(C)(C)O[C@@H]21.CO[C@@H]1O[C@]2(C[C@H]2B2Oc3ccccc3O2)C2OC(C)(C)O[C@@H]21. The third kappa shape index (κ3) is 13.5. The van der Waals surface area contributed by atoms with Crippen LogP contribution in [0.2, 0.25) is 29.1 Å². The molecule has 15 heterocycles. The lowest BCUT2D eigenvalue weighted by molar-refractivity contribution is -0.232. The molecule has 0 radical (unpaired) electrons. The van der Waals surface area contributed by atoms with Gasteiger partial charge >= 0.3 is 35.6 Å². The van der Waals surface area contributed by atoms with Crippen molar-refractivity contribution in [3.05, 3.63) is 48.5 Å². The molecule has 2 aromatic rings. The number of benzene rings is 2. The van der Waals surface area contributed by atoms with E-state index in [2.05, 4.69) is 83.1 Å². The van der Waals surface area contributed by atoms with Crippen molar-refractivity contribution in [2.75, 3.05) is 35.5 Å². The molecule has 18 fully saturated rings. The highest BCUT2D eigenvalue weighted by Gasteiger charge is 2.84. The fourth-order valence-corrected chi connectivity index (χ4v) is 20.2. The van der Waals surface area contributed by atoms with Crippen molar-refractivity contribution in [3.63, 3.8) is 0 Å². The van der Waals surface area contributed by atoms with Gasteiger partial charge in [0.2, 0.25) is 0 Å². The molecule has 5 aliphatic carbocycles. The van der Waals surface area contributed by atoms with Crippen LogP contribution >= 0.6 is 0 Å². The van der Waals surface area contributed by atoms with Crippen LogP contribution in [-0.2, 0) is 123 Å². The molecule has 30 nitrogen and oxygen atoms in total. The van der Waals surface area contributed by atoms with Gasteiger partial charge in [-0.3, -0.25) is 0 Å². The zero-order chi connectivity index (χ0) is 82.1. The molecule has 0 aromatic heterocycles. The molecule has 634 valence electrons. The minimum Gasteiger partial charge on any atom is -0.523 e. The predicted molar refractivity (Wildman–Crippen MR) is 409 cm³/mol. The lowest BCUT2D eigenvalue weighted by Crippen LogP contribution is -2.41. The number of hydrogen-bond donors (Lipinski definition) is 0. The second-order valence-corrected chi connectivity index (χ2v) is 40.0. The first-order valence-electron chi connectivity index (χ1n) is 41.3. The molecule has 35 heteroatoms. The molecule has 15 aliphatic heterocycles. The van der Waals surface area contributed by atoms with E-state index >= 15 is 0 Å². The molecule has 5 unspecified atom stereocenters. The van der Waals surface area contributed by atoms with Crippen LogP contribution in [-0.4, -0.2) is 254 Å². The quantitative estimate of drug-likeness (QED) is 0.200. The summed E-state index contributed by atoms with van der Waals surface area (Å²) in [7, 11) is 6.61. The fourth-order valence-electron chi connectivity index (χ4n) is 20.2. The molecule has 5 saturated carbocycles. The van der Waals surface area contributed by atoms with Gasteiger partial charge in [0, 0.05) is 53.0 Å². The molecular formula is C80H119B5O30. The molecule has 0 N–H and O–H groups in total. The molecule has 0 amide bonds. The van der Waals surface area contributed by atoms with Crippen LogP contribution in [0.1, 0.15) is 184 Å². The molecule has 20 aliphatic rings. The van der Waals surface area contributed by atoms with Gasteiger partial charge in [0.1, 0.15) is 112 Å². The van der Waals surface area contributed by atoms with Gasteiger partial charge in [-0.1, -0.05) is 24.3 Å². The minimum atomic E-state index is -0.629. The van der Waals surface area contributed by atoms with E-state index in [0.717, 1.165) is 55.1 Å². The first-order valence-corrected chi connectivity index (χ1v) is 41.3. The van der Waals surface area contributed by atoms with Crippen molar-refractivity contribution >= 4 is 35.6 Å². The summed E-state index contributed by atoms with van der Waals surface area (Å²) < 4.78 is 180. The maximum Gasteiger partial charge on any atom is 0.601 e. The van der Waals surface area contributed by atoms with Crippen LogP contribution < -0.4 is 18.6 Å². The van der Waals surface area contributed by atoms with Gasteiger partial charge < -0.3 is 141 Å². The monoisotopic (exact) mass is 1610 g/mol. The van der Waals surface area contributed by atoms with Gasteiger partial charge in [-0.15, -0.1) is 0 Å². The number of ether oxygens (including phenoxy) is 20. The maximum absolute atomic E-state index is 6.20. The Morgan fingerprint density at radius 1 is 0.235 bits per heavy atom. The summed E-state index contributed by atoms with van der Waals surface area (Å²) in [6.45, 7) is 44.0. The van der Waals surface area contributed by atoms with Crippen molar-refractivity contribution in [2.24, 2.45) is 0 Å². The van der Waals surface area contributed by atoms with Crippen LogP contribution in [0.5, 0.6) is 23.0 Å². The standard InChI is InChI=1S/2C16H19BO6.3C16H27BO6/c2*1-15(2)19-12-13(20-15)16(21-14(12)18-3)8-11(16)17-22-9-6-4-5-7-10(9)23-17;3*1-13(2)14(3,4)23-17(22-13)9-8-16(9)11-10(12(18-7)21-16)19-15(5,6)20-11/h2*4-7,11-14H,8H2,1-3H3;3*9-12H,8H2,1-7H3/t11-,12+,13?,14-,16+;11-,12-,13?,14+,16-;9-,10+,11?,12-,16-;9-,10-,11?,12+,16+;9-,10-,11?,12+,16-/m10100/s1. The Bertz CT molecular complexity index is 3590. The number of methoxy groups -OCH3 is 5.